The highest BCUT2D eigenvalue weighted by Crippen LogP contribution is 2.62. The van der Waals surface area contributed by atoms with Gasteiger partial charge in [-0.25, -0.2) is 0 Å². The number of nitrogens with one attached hydrogen (secondary N) is 1. The highest BCUT2D eigenvalue weighted by atomic mass is 16.5. The van der Waals surface area contributed by atoms with Crippen LogP contribution < -0.4 is 5.32 Å². The van der Waals surface area contributed by atoms with E-state index in [2.05, 4.69) is 26.1 Å². The quantitative estimate of drug-likeness (QED) is 0.791. The van der Waals surface area contributed by atoms with Gasteiger partial charge in [0.1, 0.15) is 0 Å². The lowest BCUT2D eigenvalue weighted by Crippen LogP contribution is -2.52. The maximum Gasteiger partial charge on any atom is 0.0928 e. The van der Waals surface area contributed by atoms with Crippen molar-refractivity contribution in [3.8, 4) is 0 Å². The summed E-state index contributed by atoms with van der Waals surface area (Å²) in [7, 11) is 3.49. The summed E-state index contributed by atoms with van der Waals surface area (Å²) in [5.41, 5.74) is 0.901. The summed E-state index contributed by atoms with van der Waals surface area (Å²) >= 11 is 0. The van der Waals surface area contributed by atoms with Gasteiger partial charge in [0.05, 0.1) is 12.7 Å². The van der Waals surface area contributed by atoms with Crippen molar-refractivity contribution in [2.75, 3.05) is 27.4 Å². The molecule has 0 amide bonds. The minimum absolute atomic E-state index is 0.161. The Morgan fingerprint density at radius 1 is 1.28 bits per heavy atom. The molecule has 0 aromatic heterocycles. The van der Waals surface area contributed by atoms with Crippen LogP contribution >= 0.6 is 0 Å². The van der Waals surface area contributed by atoms with E-state index in [-0.39, 0.29) is 6.10 Å². The van der Waals surface area contributed by atoms with Crippen LogP contribution in [0.2, 0.25) is 0 Å². The fourth-order valence-corrected chi connectivity index (χ4v) is 4.46. The maximum absolute atomic E-state index is 5.44. The minimum atomic E-state index is 0.161. The second-order valence-electron chi connectivity index (χ2n) is 7.07. The number of hydrogen-bond donors (Lipinski definition) is 1. The molecule has 3 nitrogen and oxygen atoms in total. The monoisotopic (exact) mass is 255 g/mol. The van der Waals surface area contributed by atoms with Gasteiger partial charge in [0.2, 0.25) is 0 Å². The molecule has 2 aliphatic carbocycles. The molecule has 0 radical (unpaired) electrons. The molecule has 4 atom stereocenters. The second-order valence-corrected chi connectivity index (χ2v) is 7.07. The highest BCUT2D eigenvalue weighted by molar-refractivity contribution is 5.12. The lowest BCUT2D eigenvalue weighted by molar-refractivity contribution is 0.0168. The van der Waals surface area contributed by atoms with E-state index in [1.54, 1.807) is 14.2 Å². The van der Waals surface area contributed by atoms with Crippen LogP contribution in [0.4, 0.5) is 0 Å². The fourth-order valence-electron chi connectivity index (χ4n) is 4.46. The van der Waals surface area contributed by atoms with Crippen molar-refractivity contribution in [1.82, 2.24) is 5.32 Å². The van der Waals surface area contributed by atoms with Crippen LogP contribution in [0, 0.1) is 16.7 Å². The summed E-state index contributed by atoms with van der Waals surface area (Å²) in [5.74, 6) is 0.892. The number of hydrogen-bond acceptors (Lipinski definition) is 3. The first-order valence-electron chi connectivity index (χ1n) is 7.19. The molecule has 106 valence electrons. The van der Waals surface area contributed by atoms with Crippen LogP contribution in [0.5, 0.6) is 0 Å². The van der Waals surface area contributed by atoms with Gasteiger partial charge in [0.25, 0.3) is 0 Å². The van der Waals surface area contributed by atoms with Gasteiger partial charge < -0.3 is 14.8 Å². The van der Waals surface area contributed by atoms with Crippen LogP contribution in [-0.4, -0.2) is 39.5 Å². The van der Waals surface area contributed by atoms with E-state index in [4.69, 9.17) is 9.47 Å². The van der Waals surface area contributed by atoms with Crippen LogP contribution in [0.1, 0.15) is 40.0 Å². The third kappa shape index (κ3) is 2.33. The van der Waals surface area contributed by atoms with E-state index in [0.717, 1.165) is 12.5 Å². The smallest absolute Gasteiger partial charge is 0.0928 e. The average molecular weight is 255 g/mol. The molecular weight excluding hydrogens is 226 g/mol. The molecule has 2 rings (SSSR count). The van der Waals surface area contributed by atoms with Crippen molar-refractivity contribution in [3.63, 3.8) is 0 Å². The molecule has 0 aliphatic heterocycles. The van der Waals surface area contributed by atoms with Crippen molar-refractivity contribution < 1.29 is 9.47 Å². The Labute approximate surface area is 112 Å². The van der Waals surface area contributed by atoms with Crippen molar-refractivity contribution in [1.29, 1.82) is 0 Å². The standard InChI is InChI=1S/C15H29NO2/c1-14(2)11-6-7-15(3,8-11)13(14)16-9-12(18-5)10-17-4/h11-13,16H,6-10H2,1-5H3/t11-,12?,13?,15+/m0/s1. The Hall–Kier alpha value is -0.120. The van der Waals surface area contributed by atoms with Crippen molar-refractivity contribution in [2.24, 2.45) is 16.7 Å². The minimum Gasteiger partial charge on any atom is -0.382 e. The molecule has 18 heavy (non-hydrogen) atoms. The molecule has 0 spiro atoms. The van der Waals surface area contributed by atoms with Gasteiger partial charge >= 0.3 is 0 Å². The van der Waals surface area contributed by atoms with Crippen LogP contribution in [0.25, 0.3) is 0 Å². The molecule has 2 bridgehead atoms. The van der Waals surface area contributed by atoms with Gasteiger partial charge in [0, 0.05) is 26.8 Å². The number of fused-ring (bicyclic) bond motifs is 2. The van der Waals surface area contributed by atoms with E-state index in [9.17, 15) is 0 Å². The molecule has 3 heteroatoms. The molecule has 2 saturated carbocycles. The third-order valence-corrected chi connectivity index (χ3v) is 5.51. The zero-order valence-electron chi connectivity index (χ0n) is 12.6. The Bertz CT molecular complexity index is 287. The van der Waals surface area contributed by atoms with E-state index >= 15 is 0 Å². The zero-order chi connectivity index (χ0) is 13.4. The summed E-state index contributed by atoms with van der Waals surface area (Å²) in [6, 6.07) is 0.609. The molecule has 2 fully saturated rings. The molecule has 0 saturated heterocycles. The van der Waals surface area contributed by atoms with Gasteiger partial charge in [-0.05, 0) is 36.0 Å². The summed E-state index contributed by atoms with van der Waals surface area (Å²) in [5, 5.41) is 3.77. The molecule has 2 unspecified atom stereocenters. The summed E-state index contributed by atoms with van der Waals surface area (Å²) < 4.78 is 10.6. The molecule has 2 aliphatic rings. The highest BCUT2D eigenvalue weighted by Gasteiger charge is 2.58. The SMILES string of the molecule is COCC(CNC1C(C)(C)[C@H]2CC[C@]1(C)C2)OC. The number of ether oxygens (including phenoxy) is 2. The van der Waals surface area contributed by atoms with Crippen molar-refractivity contribution in [3.05, 3.63) is 0 Å². The van der Waals surface area contributed by atoms with Crippen LogP contribution in [-0.2, 0) is 9.47 Å². The summed E-state index contributed by atoms with van der Waals surface area (Å²) in [6.07, 6.45) is 4.34. The maximum atomic E-state index is 5.44. The first-order chi connectivity index (χ1) is 8.44. The molecular formula is C15H29NO2. The topological polar surface area (TPSA) is 30.5 Å². The molecule has 0 heterocycles. The molecule has 0 aromatic carbocycles. The van der Waals surface area contributed by atoms with E-state index < -0.39 is 0 Å². The predicted molar refractivity (Wildman–Crippen MR) is 73.7 cm³/mol. The van der Waals surface area contributed by atoms with Crippen molar-refractivity contribution in [2.45, 2.75) is 52.2 Å². The Kier molecular flexibility index (Phi) is 4.05. The van der Waals surface area contributed by atoms with Gasteiger partial charge in [-0.3, -0.25) is 0 Å². The second kappa shape index (κ2) is 5.10. The molecule has 1 N–H and O–H groups in total. The number of methoxy groups -OCH3 is 2. The average Bonchev–Trinajstić information content (AvgIpc) is 2.78. The Morgan fingerprint density at radius 3 is 2.50 bits per heavy atom. The largest absolute Gasteiger partial charge is 0.382 e. The van der Waals surface area contributed by atoms with Crippen LogP contribution in [0.15, 0.2) is 0 Å². The zero-order valence-corrected chi connectivity index (χ0v) is 12.6. The fraction of sp³-hybridized carbons (Fsp3) is 1.00. The first kappa shape index (κ1) is 14.3. The van der Waals surface area contributed by atoms with E-state index in [1.807, 2.05) is 0 Å². The van der Waals surface area contributed by atoms with Crippen LogP contribution in [0.3, 0.4) is 0 Å². The van der Waals surface area contributed by atoms with E-state index in [0.29, 0.717) is 23.5 Å². The summed E-state index contributed by atoms with van der Waals surface area (Å²) in [4.78, 5) is 0. The Balaban J connectivity index is 1.96. The van der Waals surface area contributed by atoms with Gasteiger partial charge in [-0.1, -0.05) is 20.8 Å². The van der Waals surface area contributed by atoms with E-state index in [1.165, 1.54) is 19.3 Å². The number of rotatable bonds is 6. The Morgan fingerprint density at radius 2 is 2.00 bits per heavy atom. The van der Waals surface area contributed by atoms with Gasteiger partial charge in [0.15, 0.2) is 0 Å². The lowest BCUT2D eigenvalue weighted by Gasteiger charge is -2.43. The third-order valence-electron chi connectivity index (χ3n) is 5.51. The normalized spacial score (nSPS) is 39.2. The first-order valence-corrected chi connectivity index (χ1v) is 7.19. The molecule has 0 aromatic rings. The van der Waals surface area contributed by atoms with Crippen molar-refractivity contribution >= 4 is 0 Å². The predicted octanol–water partition coefficient (Wildman–Crippen LogP) is 2.45. The lowest BCUT2D eigenvalue weighted by atomic mass is 9.68. The van der Waals surface area contributed by atoms with Gasteiger partial charge in [-0.2, -0.15) is 0 Å². The van der Waals surface area contributed by atoms with Gasteiger partial charge in [-0.15, -0.1) is 0 Å². The summed E-state index contributed by atoms with van der Waals surface area (Å²) in [6.45, 7) is 8.87.